The number of aliphatic hydroxyl groups excluding tert-OH is 1. The molecule has 1 unspecified atom stereocenters. The fraction of sp³-hybridized carbons (Fsp3) is 0.308. The highest BCUT2D eigenvalue weighted by atomic mass is 32.2. The van der Waals surface area contributed by atoms with Crippen molar-refractivity contribution in [3.8, 4) is 0 Å². The van der Waals surface area contributed by atoms with Gasteiger partial charge in [0, 0.05) is 9.81 Å². The lowest BCUT2D eigenvalue weighted by atomic mass is 9.98. The van der Waals surface area contributed by atoms with Crippen LogP contribution in [0.25, 0.3) is 10.4 Å². The number of aliphatic hydroxyl groups is 1. The van der Waals surface area contributed by atoms with Crippen molar-refractivity contribution in [2.24, 2.45) is 5.11 Å². The summed E-state index contributed by atoms with van der Waals surface area (Å²) in [5.74, 6) is 0. The molecule has 0 aromatic heterocycles. The topological polar surface area (TPSA) is 96.7 Å². The van der Waals surface area contributed by atoms with Crippen LogP contribution >= 0.6 is 11.8 Å². The number of azide groups is 1. The third-order valence-electron chi connectivity index (χ3n) is 5.50. The maximum Gasteiger partial charge on any atom is 0.119 e. The maximum absolute atomic E-state index is 11.2. The van der Waals surface area contributed by atoms with Crippen LogP contribution in [0.3, 0.4) is 0 Å². The van der Waals surface area contributed by atoms with Crippen molar-refractivity contribution in [1.82, 2.24) is 0 Å². The zero-order valence-corrected chi connectivity index (χ0v) is 19.4. The van der Waals surface area contributed by atoms with Crippen LogP contribution in [0.15, 0.2) is 101 Å². The fourth-order valence-corrected chi connectivity index (χ4v) is 4.93. The summed E-state index contributed by atoms with van der Waals surface area (Å²) in [5.41, 5.74) is 10.6. The number of thioether (sulfide) groups is 1. The fourth-order valence-electron chi connectivity index (χ4n) is 3.79. The van der Waals surface area contributed by atoms with Crippen LogP contribution in [0.1, 0.15) is 11.1 Å². The minimum Gasteiger partial charge on any atom is -0.390 e. The van der Waals surface area contributed by atoms with E-state index in [0.717, 1.165) is 16.0 Å². The van der Waals surface area contributed by atoms with E-state index in [0.29, 0.717) is 13.2 Å². The van der Waals surface area contributed by atoms with Crippen molar-refractivity contribution in [1.29, 1.82) is 0 Å². The van der Waals surface area contributed by atoms with E-state index in [9.17, 15) is 5.11 Å². The summed E-state index contributed by atoms with van der Waals surface area (Å²) in [6.45, 7) is 0.930. The van der Waals surface area contributed by atoms with Gasteiger partial charge in [0.25, 0.3) is 0 Å². The first-order chi connectivity index (χ1) is 16.7. The molecule has 0 aliphatic carbocycles. The molecule has 0 spiro atoms. The molecule has 3 aromatic rings. The number of hydrogen-bond donors (Lipinski definition) is 1. The molecule has 1 heterocycles. The summed E-state index contributed by atoms with van der Waals surface area (Å²) in [4.78, 5) is 3.92. The molecule has 5 atom stereocenters. The normalized spacial score (nSPS) is 24.3. The first-order valence-corrected chi connectivity index (χ1v) is 12.0. The minimum absolute atomic E-state index is 0.222. The molecule has 8 heteroatoms. The van der Waals surface area contributed by atoms with Crippen molar-refractivity contribution in [2.75, 3.05) is 6.61 Å². The summed E-state index contributed by atoms with van der Waals surface area (Å²) >= 11 is 1.41. The van der Waals surface area contributed by atoms with Crippen LogP contribution < -0.4 is 0 Å². The second-order valence-electron chi connectivity index (χ2n) is 7.92. The lowest BCUT2D eigenvalue weighted by Crippen LogP contribution is -2.58. The lowest BCUT2D eigenvalue weighted by molar-refractivity contribution is -0.195. The van der Waals surface area contributed by atoms with Gasteiger partial charge in [-0.3, -0.25) is 0 Å². The van der Waals surface area contributed by atoms with E-state index in [1.807, 2.05) is 91.0 Å². The second-order valence-corrected chi connectivity index (χ2v) is 9.09. The molecule has 34 heavy (non-hydrogen) atoms. The summed E-state index contributed by atoms with van der Waals surface area (Å²) in [6.07, 6.45) is -2.33. The molecule has 1 N–H and O–H groups in total. The van der Waals surface area contributed by atoms with Crippen LogP contribution in [-0.2, 0) is 27.4 Å². The first kappa shape index (κ1) is 24.3. The van der Waals surface area contributed by atoms with Gasteiger partial charge in [0.05, 0.1) is 25.9 Å². The smallest absolute Gasteiger partial charge is 0.119 e. The van der Waals surface area contributed by atoms with E-state index < -0.39 is 29.8 Å². The standard InChI is InChI=1S/C26H27N3O4S/c27-29-28-23-24(30)25(32-17-20-12-6-2-7-13-20)22(18-31-16-19-10-4-1-5-11-19)33-26(23)34-21-14-8-3-9-15-21/h1-15,22-26,30H,16-18H2/t22-,23?,24-,25+,26+/m1/s1. The van der Waals surface area contributed by atoms with Crippen LogP contribution in [0.2, 0.25) is 0 Å². The Labute approximate surface area is 203 Å². The molecule has 4 rings (SSSR count). The zero-order valence-electron chi connectivity index (χ0n) is 18.6. The van der Waals surface area contributed by atoms with E-state index in [1.165, 1.54) is 11.8 Å². The van der Waals surface area contributed by atoms with Crippen LogP contribution in [0, 0.1) is 0 Å². The van der Waals surface area contributed by atoms with E-state index in [1.54, 1.807) is 0 Å². The predicted molar refractivity (Wildman–Crippen MR) is 131 cm³/mol. The van der Waals surface area contributed by atoms with Crippen molar-refractivity contribution in [2.45, 2.75) is 47.9 Å². The minimum atomic E-state index is -1.06. The predicted octanol–water partition coefficient (Wildman–Crippen LogP) is 5.35. The molecular weight excluding hydrogens is 450 g/mol. The Bertz CT molecular complexity index is 1050. The average molecular weight is 478 g/mol. The number of nitrogens with zero attached hydrogens (tertiary/aromatic N) is 3. The Kier molecular flexibility index (Phi) is 8.98. The Balaban J connectivity index is 1.51. The lowest BCUT2D eigenvalue weighted by Gasteiger charge is -2.42. The Morgan fingerprint density at radius 1 is 0.882 bits per heavy atom. The largest absolute Gasteiger partial charge is 0.390 e. The second kappa shape index (κ2) is 12.6. The average Bonchev–Trinajstić information content (AvgIpc) is 2.88. The van der Waals surface area contributed by atoms with Gasteiger partial charge in [0.2, 0.25) is 0 Å². The third kappa shape index (κ3) is 6.61. The molecule has 3 aromatic carbocycles. The molecule has 176 valence electrons. The van der Waals surface area contributed by atoms with Crippen LogP contribution in [0.5, 0.6) is 0 Å². The van der Waals surface area contributed by atoms with Gasteiger partial charge >= 0.3 is 0 Å². The van der Waals surface area contributed by atoms with Gasteiger partial charge in [-0.15, -0.1) is 0 Å². The summed E-state index contributed by atoms with van der Waals surface area (Å²) in [7, 11) is 0. The van der Waals surface area contributed by atoms with E-state index >= 15 is 0 Å². The molecule has 1 aliphatic rings. The quantitative estimate of drug-likeness (QED) is 0.241. The Hall–Kier alpha value is -2.84. The van der Waals surface area contributed by atoms with Crippen molar-refractivity contribution in [3.63, 3.8) is 0 Å². The molecule has 1 fully saturated rings. The monoisotopic (exact) mass is 477 g/mol. The van der Waals surface area contributed by atoms with Gasteiger partial charge in [0.15, 0.2) is 0 Å². The SMILES string of the molecule is [N-]=[N+]=NC1[C@@H](O)[C@@H](OCc2ccccc2)[C@@H](COCc2ccccc2)O[C@H]1Sc1ccccc1. The van der Waals surface area contributed by atoms with Gasteiger partial charge in [-0.2, -0.15) is 0 Å². The number of ether oxygens (including phenoxy) is 3. The van der Waals surface area contributed by atoms with Crippen molar-refractivity contribution >= 4 is 11.8 Å². The zero-order chi connectivity index (χ0) is 23.6. The first-order valence-electron chi connectivity index (χ1n) is 11.1. The van der Waals surface area contributed by atoms with E-state index in [4.69, 9.17) is 19.7 Å². The van der Waals surface area contributed by atoms with Crippen molar-refractivity contribution < 1.29 is 19.3 Å². The van der Waals surface area contributed by atoms with Gasteiger partial charge in [0.1, 0.15) is 23.7 Å². The summed E-state index contributed by atoms with van der Waals surface area (Å²) in [6, 6.07) is 28.4. The molecule has 0 saturated carbocycles. The van der Waals surface area contributed by atoms with Crippen LogP contribution in [-0.4, -0.2) is 41.5 Å². The molecular formula is C26H27N3O4S. The summed E-state index contributed by atoms with van der Waals surface area (Å²) in [5, 5.41) is 15.1. The number of hydrogen-bond acceptors (Lipinski definition) is 6. The van der Waals surface area contributed by atoms with Gasteiger partial charge in [-0.1, -0.05) is 95.7 Å². The molecule has 0 bridgehead atoms. The highest BCUT2D eigenvalue weighted by Crippen LogP contribution is 2.36. The third-order valence-corrected chi connectivity index (χ3v) is 6.67. The summed E-state index contributed by atoms with van der Waals surface area (Å²) < 4.78 is 18.4. The highest BCUT2D eigenvalue weighted by Gasteiger charge is 2.46. The van der Waals surface area contributed by atoms with E-state index in [2.05, 4.69) is 10.0 Å². The number of benzene rings is 3. The van der Waals surface area contributed by atoms with Crippen molar-refractivity contribution in [3.05, 3.63) is 113 Å². The highest BCUT2D eigenvalue weighted by molar-refractivity contribution is 7.99. The molecule has 1 saturated heterocycles. The van der Waals surface area contributed by atoms with Gasteiger partial charge in [-0.25, -0.2) is 0 Å². The molecule has 0 amide bonds. The Morgan fingerprint density at radius 2 is 1.47 bits per heavy atom. The number of rotatable bonds is 10. The maximum atomic E-state index is 11.2. The van der Waals surface area contributed by atoms with Gasteiger partial charge in [-0.05, 0) is 28.8 Å². The van der Waals surface area contributed by atoms with Crippen LogP contribution in [0.4, 0.5) is 0 Å². The molecule has 1 aliphatic heterocycles. The molecule has 7 nitrogen and oxygen atoms in total. The molecule has 0 radical (unpaired) electrons. The van der Waals surface area contributed by atoms with Gasteiger partial charge < -0.3 is 19.3 Å². The van der Waals surface area contributed by atoms with E-state index in [-0.39, 0.29) is 6.61 Å². The Morgan fingerprint density at radius 3 is 2.09 bits per heavy atom.